The van der Waals surface area contributed by atoms with Crippen molar-refractivity contribution in [1.29, 1.82) is 0 Å². The van der Waals surface area contributed by atoms with Crippen LogP contribution in [0.15, 0.2) is 24.3 Å². The van der Waals surface area contributed by atoms with Crippen molar-refractivity contribution < 1.29 is 9.53 Å². The van der Waals surface area contributed by atoms with Crippen LogP contribution in [0, 0.1) is 0 Å². The van der Waals surface area contributed by atoms with E-state index in [4.69, 9.17) is 10.5 Å². The number of rotatable bonds is 7. The topological polar surface area (TPSA) is 64.3 Å². The molecule has 124 valence electrons. The smallest absolute Gasteiger partial charge is 0.220 e. The first-order chi connectivity index (χ1) is 10.2. The van der Waals surface area contributed by atoms with Gasteiger partial charge in [0.15, 0.2) is 0 Å². The number of ether oxygens (including phenoxy) is 1. The highest BCUT2D eigenvalue weighted by molar-refractivity contribution is 5.85. The molecule has 1 aliphatic rings. The number of benzene rings is 1. The fourth-order valence-corrected chi connectivity index (χ4v) is 2.97. The summed E-state index contributed by atoms with van der Waals surface area (Å²) in [7, 11) is 0. The molecule has 0 spiro atoms. The third-order valence-corrected chi connectivity index (χ3v) is 4.23. The van der Waals surface area contributed by atoms with Crippen molar-refractivity contribution in [2.75, 3.05) is 13.2 Å². The van der Waals surface area contributed by atoms with Crippen LogP contribution in [0.25, 0.3) is 0 Å². The van der Waals surface area contributed by atoms with Crippen molar-refractivity contribution in [2.24, 2.45) is 5.73 Å². The molecule has 0 aromatic heterocycles. The van der Waals surface area contributed by atoms with E-state index < -0.39 is 0 Å². The lowest BCUT2D eigenvalue weighted by atomic mass is 9.97. The fraction of sp³-hybridized carbons (Fsp3) is 0.588. The second-order valence-corrected chi connectivity index (χ2v) is 5.82. The van der Waals surface area contributed by atoms with Gasteiger partial charge in [-0.15, -0.1) is 12.4 Å². The van der Waals surface area contributed by atoms with Crippen LogP contribution in [0.3, 0.4) is 0 Å². The number of hydrogen-bond acceptors (Lipinski definition) is 3. The molecule has 1 aromatic carbocycles. The molecule has 1 aromatic rings. The van der Waals surface area contributed by atoms with Crippen LogP contribution in [-0.2, 0) is 11.2 Å². The van der Waals surface area contributed by atoms with Gasteiger partial charge in [0.05, 0.1) is 12.1 Å². The zero-order chi connectivity index (χ0) is 15.1. The minimum atomic E-state index is -0.143. The molecule has 0 heterocycles. The molecule has 1 aliphatic carbocycles. The highest BCUT2D eigenvalue weighted by Crippen LogP contribution is 2.28. The number of hydrogen-bond donors (Lipinski definition) is 2. The van der Waals surface area contributed by atoms with Gasteiger partial charge < -0.3 is 15.8 Å². The molecule has 5 heteroatoms. The van der Waals surface area contributed by atoms with Gasteiger partial charge in [0.2, 0.25) is 5.91 Å². The second-order valence-electron chi connectivity index (χ2n) is 5.82. The molecule has 0 unspecified atom stereocenters. The van der Waals surface area contributed by atoms with E-state index in [1.54, 1.807) is 0 Å². The highest BCUT2D eigenvalue weighted by Gasteiger charge is 2.33. The summed E-state index contributed by atoms with van der Waals surface area (Å²) in [5.74, 6) is 0.981. The molecule has 0 atom stereocenters. The minimum absolute atomic E-state index is 0. The maximum absolute atomic E-state index is 12.1. The van der Waals surface area contributed by atoms with Crippen LogP contribution in [-0.4, -0.2) is 24.6 Å². The van der Waals surface area contributed by atoms with Gasteiger partial charge in [-0.25, -0.2) is 0 Å². The lowest BCUT2D eigenvalue weighted by molar-refractivity contribution is -0.122. The lowest BCUT2D eigenvalue weighted by Gasteiger charge is -2.28. The van der Waals surface area contributed by atoms with Crippen molar-refractivity contribution in [3.05, 3.63) is 29.8 Å². The summed E-state index contributed by atoms with van der Waals surface area (Å²) in [5, 5.41) is 3.16. The Bertz CT molecular complexity index is 456. The van der Waals surface area contributed by atoms with Gasteiger partial charge in [-0.1, -0.05) is 25.0 Å². The summed E-state index contributed by atoms with van der Waals surface area (Å²) < 4.78 is 5.41. The molecule has 0 aliphatic heterocycles. The zero-order valence-electron chi connectivity index (χ0n) is 13.3. The first-order valence-corrected chi connectivity index (χ1v) is 7.90. The lowest BCUT2D eigenvalue weighted by Crippen LogP contribution is -2.51. The zero-order valence-corrected chi connectivity index (χ0v) is 14.1. The number of carbonyl (C=O) groups excluding carboxylic acids is 1. The number of nitrogens with two attached hydrogens (primary N) is 1. The van der Waals surface area contributed by atoms with Gasteiger partial charge in [0.25, 0.3) is 0 Å². The molecule has 0 bridgehead atoms. The fourth-order valence-electron chi connectivity index (χ4n) is 2.97. The third kappa shape index (κ3) is 5.18. The van der Waals surface area contributed by atoms with E-state index in [9.17, 15) is 4.79 Å². The van der Waals surface area contributed by atoms with Gasteiger partial charge in [-0.2, -0.15) is 0 Å². The normalized spacial score (nSPS) is 15.9. The van der Waals surface area contributed by atoms with E-state index in [1.165, 1.54) is 0 Å². The predicted octanol–water partition coefficient (Wildman–Crippen LogP) is 2.83. The van der Waals surface area contributed by atoms with E-state index in [2.05, 4.69) is 5.32 Å². The van der Waals surface area contributed by atoms with E-state index in [1.807, 2.05) is 31.2 Å². The van der Waals surface area contributed by atoms with Crippen LogP contribution in [0.2, 0.25) is 0 Å². The molecule has 1 amide bonds. The SMILES string of the molecule is CCOc1ccc(CCC(=O)NC2(CN)CCCC2)cc1.Cl. The Hall–Kier alpha value is -1.26. The largest absolute Gasteiger partial charge is 0.494 e. The molecule has 3 N–H and O–H groups in total. The Balaban J connectivity index is 0.00000242. The summed E-state index contributed by atoms with van der Waals surface area (Å²) >= 11 is 0. The van der Waals surface area contributed by atoms with Gasteiger partial charge in [-0.05, 0) is 43.9 Å². The van der Waals surface area contributed by atoms with E-state index in [0.29, 0.717) is 19.6 Å². The average molecular weight is 327 g/mol. The predicted molar refractivity (Wildman–Crippen MR) is 91.6 cm³/mol. The molecular formula is C17H27ClN2O2. The van der Waals surface area contributed by atoms with Crippen LogP contribution in [0.1, 0.15) is 44.6 Å². The average Bonchev–Trinajstić information content (AvgIpc) is 2.96. The number of halogens is 1. The number of carbonyl (C=O) groups is 1. The second kappa shape index (κ2) is 9.01. The summed E-state index contributed by atoms with van der Waals surface area (Å²) in [6.45, 7) is 3.18. The molecule has 1 saturated carbocycles. The minimum Gasteiger partial charge on any atom is -0.494 e. The van der Waals surface area contributed by atoms with E-state index in [0.717, 1.165) is 43.4 Å². The maximum atomic E-state index is 12.1. The molecule has 22 heavy (non-hydrogen) atoms. The standard InChI is InChI=1S/C17H26N2O2.ClH/c1-2-21-15-8-5-14(6-9-15)7-10-16(20)19-17(13-18)11-3-4-12-17;/h5-6,8-9H,2-4,7,10-13,18H2,1H3,(H,19,20);1H. The first-order valence-electron chi connectivity index (χ1n) is 7.90. The van der Waals surface area contributed by atoms with Crippen molar-refractivity contribution in [2.45, 2.75) is 51.0 Å². The highest BCUT2D eigenvalue weighted by atomic mass is 35.5. The molecular weight excluding hydrogens is 300 g/mol. The van der Waals surface area contributed by atoms with Crippen molar-refractivity contribution in [3.63, 3.8) is 0 Å². The summed E-state index contributed by atoms with van der Waals surface area (Å²) in [5.41, 5.74) is 6.85. The maximum Gasteiger partial charge on any atom is 0.220 e. The van der Waals surface area contributed by atoms with E-state index in [-0.39, 0.29) is 23.9 Å². The molecule has 0 saturated heterocycles. The molecule has 2 rings (SSSR count). The van der Waals surface area contributed by atoms with Crippen molar-refractivity contribution in [3.8, 4) is 5.75 Å². The third-order valence-electron chi connectivity index (χ3n) is 4.23. The summed E-state index contributed by atoms with van der Waals surface area (Å²) in [4.78, 5) is 12.1. The van der Waals surface area contributed by atoms with Crippen LogP contribution >= 0.6 is 12.4 Å². The number of nitrogens with one attached hydrogen (secondary N) is 1. The quantitative estimate of drug-likeness (QED) is 0.809. The number of amides is 1. The Morgan fingerprint density at radius 1 is 1.27 bits per heavy atom. The molecule has 4 nitrogen and oxygen atoms in total. The summed E-state index contributed by atoms with van der Waals surface area (Å²) in [6, 6.07) is 7.95. The van der Waals surface area contributed by atoms with Gasteiger partial charge >= 0.3 is 0 Å². The van der Waals surface area contributed by atoms with Gasteiger partial charge in [0, 0.05) is 13.0 Å². The first kappa shape index (κ1) is 18.8. The Morgan fingerprint density at radius 2 is 1.91 bits per heavy atom. The van der Waals surface area contributed by atoms with Gasteiger partial charge in [-0.3, -0.25) is 4.79 Å². The van der Waals surface area contributed by atoms with Gasteiger partial charge in [0.1, 0.15) is 5.75 Å². The molecule has 1 fully saturated rings. The number of aryl methyl sites for hydroxylation is 1. The molecule has 0 radical (unpaired) electrons. The van der Waals surface area contributed by atoms with Crippen molar-refractivity contribution >= 4 is 18.3 Å². The Kier molecular flexibility index (Phi) is 7.69. The van der Waals surface area contributed by atoms with Crippen LogP contribution in [0.4, 0.5) is 0 Å². The Morgan fingerprint density at radius 3 is 2.45 bits per heavy atom. The summed E-state index contributed by atoms with van der Waals surface area (Å²) in [6.07, 6.45) is 5.61. The monoisotopic (exact) mass is 326 g/mol. The Labute approximate surface area is 139 Å². The van der Waals surface area contributed by atoms with E-state index >= 15 is 0 Å². The van der Waals surface area contributed by atoms with Crippen LogP contribution in [0.5, 0.6) is 5.75 Å². The van der Waals surface area contributed by atoms with Crippen LogP contribution < -0.4 is 15.8 Å². The van der Waals surface area contributed by atoms with Crippen molar-refractivity contribution in [1.82, 2.24) is 5.32 Å².